The number of piperidine rings is 1. The van der Waals surface area contributed by atoms with Crippen molar-refractivity contribution in [3.8, 4) is 5.75 Å². The number of hydrogen-bond donors (Lipinski definition) is 0. The highest BCUT2D eigenvalue weighted by Crippen LogP contribution is 2.35. The summed E-state index contributed by atoms with van der Waals surface area (Å²) in [6, 6.07) is 8.21. The number of nitrogens with zero attached hydrogens (tertiary/aromatic N) is 4. The van der Waals surface area contributed by atoms with Gasteiger partial charge in [-0.2, -0.15) is 0 Å². The number of ether oxygens (including phenoxy) is 1. The van der Waals surface area contributed by atoms with Crippen LogP contribution in [0.15, 0.2) is 35.6 Å². The molecule has 2 bridgehead atoms. The van der Waals surface area contributed by atoms with E-state index in [1.54, 1.807) is 23.9 Å². The van der Waals surface area contributed by atoms with Crippen LogP contribution in [0, 0.1) is 5.82 Å². The first-order chi connectivity index (χ1) is 12.2. The van der Waals surface area contributed by atoms with E-state index in [4.69, 9.17) is 4.74 Å². The highest BCUT2D eigenvalue weighted by atomic mass is 32.2. The summed E-state index contributed by atoms with van der Waals surface area (Å²) in [6.07, 6.45) is 5.02. The van der Waals surface area contributed by atoms with Crippen LogP contribution in [0.2, 0.25) is 0 Å². The third-order valence-electron chi connectivity index (χ3n) is 5.05. The van der Waals surface area contributed by atoms with Gasteiger partial charge in [0.15, 0.2) is 16.7 Å². The van der Waals surface area contributed by atoms with E-state index in [1.807, 2.05) is 24.6 Å². The third-order valence-corrected chi connectivity index (χ3v) is 5.61. The predicted molar refractivity (Wildman–Crippen MR) is 96.7 cm³/mol. The number of fused-ring (bicyclic) bond motifs is 2. The first-order valence-corrected chi connectivity index (χ1v) is 9.60. The van der Waals surface area contributed by atoms with Crippen LogP contribution < -0.4 is 9.64 Å². The van der Waals surface area contributed by atoms with E-state index in [0.29, 0.717) is 17.8 Å². The Balaban J connectivity index is 1.42. The first-order valence-electron chi connectivity index (χ1n) is 8.38. The summed E-state index contributed by atoms with van der Waals surface area (Å²) in [5.74, 6) is 1.01. The van der Waals surface area contributed by atoms with E-state index in [-0.39, 0.29) is 5.82 Å². The Labute approximate surface area is 151 Å². The van der Waals surface area contributed by atoms with E-state index in [9.17, 15) is 4.39 Å². The number of methoxy groups -OCH3 is 1. The lowest BCUT2D eigenvalue weighted by Crippen LogP contribution is -2.68. The van der Waals surface area contributed by atoms with Crippen molar-refractivity contribution in [2.45, 2.75) is 30.2 Å². The Morgan fingerprint density at radius 3 is 2.76 bits per heavy atom. The van der Waals surface area contributed by atoms with Crippen molar-refractivity contribution < 1.29 is 9.13 Å². The van der Waals surface area contributed by atoms with Crippen LogP contribution in [0.5, 0.6) is 5.75 Å². The number of rotatable bonds is 5. The van der Waals surface area contributed by atoms with Gasteiger partial charge >= 0.3 is 0 Å². The second-order valence-corrected chi connectivity index (χ2v) is 7.26. The van der Waals surface area contributed by atoms with Crippen LogP contribution in [0.25, 0.3) is 0 Å². The zero-order valence-electron chi connectivity index (χ0n) is 14.4. The first kappa shape index (κ1) is 16.6. The summed E-state index contributed by atoms with van der Waals surface area (Å²) in [7, 11) is 1.49. The highest BCUT2D eigenvalue weighted by Gasteiger charge is 2.44. The Kier molecular flexibility index (Phi) is 4.52. The molecule has 3 fully saturated rings. The summed E-state index contributed by atoms with van der Waals surface area (Å²) >= 11 is 1.56. The number of piperazine rings is 1. The molecule has 0 N–H and O–H groups in total. The maximum absolute atomic E-state index is 13.9. The predicted octanol–water partition coefficient (Wildman–Crippen LogP) is 2.81. The highest BCUT2D eigenvalue weighted by molar-refractivity contribution is 7.98. The van der Waals surface area contributed by atoms with E-state index in [2.05, 4.69) is 19.8 Å². The van der Waals surface area contributed by atoms with Gasteiger partial charge in [-0.25, -0.2) is 14.4 Å². The Morgan fingerprint density at radius 1 is 1.28 bits per heavy atom. The lowest BCUT2D eigenvalue weighted by molar-refractivity contribution is -0.00879. The average molecular weight is 360 g/mol. The molecule has 0 saturated carbocycles. The van der Waals surface area contributed by atoms with Gasteiger partial charge in [0.2, 0.25) is 0 Å². The molecule has 0 amide bonds. The molecule has 25 heavy (non-hydrogen) atoms. The monoisotopic (exact) mass is 360 g/mol. The summed E-state index contributed by atoms with van der Waals surface area (Å²) in [4.78, 5) is 13.7. The standard InChI is InChI=1S/C18H21FN4OS/c1-24-16-4-3-12(7-15(16)19)9-23-13-8-14(23)11-22(10-13)17-5-6-20-18(21-17)25-2/h3-7,13-14H,8-11H2,1-2H3. The summed E-state index contributed by atoms with van der Waals surface area (Å²) in [6.45, 7) is 2.70. The minimum Gasteiger partial charge on any atom is -0.494 e. The molecule has 5 nitrogen and oxygen atoms in total. The van der Waals surface area contributed by atoms with E-state index in [1.165, 1.54) is 13.5 Å². The fraction of sp³-hybridized carbons (Fsp3) is 0.444. The number of benzene rings is 1. The molecule has 0 radical (unpaired) electrons. The molecule has 0 aliphatic carbocycles. The van der Waals surface area contributed by atoms with E-state index >= 15 is 0 Å². The molecule has 2 unspecified atom stereocenters. The fourth-order valence-electron chi connectivity index (χ4n) is 3.76. The number of anilines is 1. The zero-order chi connectivity index (χ0) is 17.4. The molecule has 132 valence electrons. The van der Waals surface area contributed by atoms with Crippen LogP contribution in [-0.4, -0.2) is 53.4 Å². The quantitative estimate of drug-likeness (QED) is 0.603. The molecule has 0 spiro atoms. The van der Waals surface area contributed by atoms with Crippen molar-refractivity contribution in [1.29, 1.82) is 0 Å². The minimum absolute atomic E-state index is 0.294. The second-order valence-electron chi connectivity index (χ2n) is 6.49. The van der Waals surface area contributed by atoms with Gasteiger partial charge in [0.25, 0.3) is 0 Å². The normalized spacial score (nSPS) is 22.6. The van der Waals surface area contributed by atoms with Crippen molar-refractivity contribution >= 4 is 17.6 Å². The number of thioether (sulfide) groups is 1. The van der Waals surface area contributed by atoms with Crippen LogP contribution in [0.4, 0.5) is 10.2 Å². The molecule has 2 atom stereocenters. The van der Waals surface area contributed by atoms with Crippen molar-refractivity contribution in [2.75, 3.05) is 31.4 Å². The molecule has 1 aromatic carbocycles. The summed E-state index contributed by atoms with van der Waals surface area (Å²) in [5, 5.41) is 0.808. The molecule has 7 heteroatoms. The maximum atomic E-state index is 13.9. The summed E-state index contributed by atoms with van der Waals surface area (Å²) < 4.78 is 18.9. The zero-order valence-corrected chi connectivity index (χ0v) is 15.2. The lowest BCUT2D eigenvalue weighted by atomic mass is 9.87. The smallest absolute Gasteiger partial charge is 0.189 e. The van der Waals surface area contributed by atoms with Gasteiger partial charge in [0, 0.05) is 37.9 Å². The van der Waals surface area contributed by atoms with Crippen LogP contribution in [0.3, 0.4) is 0 Å². The van der Waals surface area contributed by atoms with Gasteiger partial charge in [-0.3, -0.25) is 4.90 Å². The van der Waals surface area contributed by atoms with Gasteiger partial charge in [-0.1, -0.05) is 17.8 Å². The third kappa shape index (κ3) is 3.18. The number of halogens is 1. The SMILES string of the molecule is COc1ccc(CN2C3CC2CN(c2ccnc(SC)n2)C3)cc1F. The number of aromatic nitrogens is 2. The Bertz CT molecular complexity index is 762. The summed E-state index contributed by atoms with van der Waals surface area (Å²) in [5.41, 5.74) is 0.994. The van der Waals surface area contributed by atoms with Crippen LogP contribution in [-0.2, 0) is 6.54 Å². The van der Waals surface area contributed by atoms with Crippen molar-refractivity contribution in [1.82, 2.24) is 14.9 Å². The van der Waals surface area contributed by atoms with E-state index in [0.717, 1.165) is 36.2 Å². The molecule has 3 aliphatic rings. The van der Waals surface area contributed by atoms with Gasteiger partial charge in [-0.05, 0) is 36.4 Å². The molecule has 5 rings (SSSR count). The molecular weight excluding hydrogens is 339 g/mol. The van der Waals surface area contributed by atoms with Gasteiger partial charge in [0.05, 0.1) is 7.11 Å². The van der Waals surface area contributed by atoms with Crippen molar-refractivity contribution in [3.63, 3.8) is 0 Å². The Hall–Kier alpha value is -1.86. The van der Waals surface area contributed by atoms with Gasteiger partial charge in [0.1, 0.15) is 5.82 Å². The molecule has 2 aromatic rings. The molecule has 4 heterocycles. The van der Waals surface area contributed by atoms with Crippen LogP contribution in [0.1, 0.15) is 12.0 Å². The van der Waals surface area contributed by atoms with Gasteiger partial charge in [-0.15, -0.1) is 0 Å². The molecule has 3 saturated heterocycles. The topological polar surface area (TPSA) is 41.5 Å². The van der Waals surface area contributed by atoms with Crippen molar-refractivity contribution in [2.24, 2.45) is 0 Å². The molecule has 3 aliphatic heterocycles. The number of hydrogen-bond acceptors (Lipinski definition) is 6. The lowest BCUT2D eigenvalue weighted by Gasteiger charge is -2.56. The molecular formula is C18H21FN4OS. The van der Waals surface area contributed by atoms with Crippen molar-refractivity contribution in [3.05, 3.63) is 41.8 Å². The Morgan fingerprint density at radius 2 is 2.08 bits per heavy atom. The largest absolute Gasteiger partial charge is 0.494 e. The fourth-order valence-corrected chi connectivity index (χ4v) is 4.11. The molecule has 1 aromatic heterocycles. The second kappa shape index (κ2) is 6.80. The average Bonchev–Trinajstić information content (AvgIpc) is 2.66. The van der Waals surface area contributed by atoms with E-state index < -0.39 is 0 Å². The maximum Gasteiger partial charge on any atom is 0.189 e. The minimum atomic E-state index is -0.294. The van der Waals surface area contributed by atoms with Crippen LogP contribution >= 0.6 is 11.8 Å². The van der Waals surface area contributed by atoms with Gasteiger partial charge < -0.3 is 9.64 Å².